The lowest BCUT2D eigenvalue weighted by atomic mass is 9.94. The molecule has 8 nitrogen and oxygen atoms in total. The third-order valence-corrected chi connectivity index (χ3v) is 10.6. The van der Waals surface area contributed by atoms with Gasteiger partial charge in [-0.2, -0.15) is 0 Å². The molecule has 1 aliphatic rings. The van der Waals surface area contributed by atoms with Crippen molar-refractivity contribution in [3.63, 3.8) is 0 Å². The van der Waals surface area contributed by atoms with E-state index >= 15 is 4.39 Å². The number of hydrogen-bond acceptors (Lipinski definition) is 5. The molecular formula is C39H44FN3O5S. The van der Waals surface area contributed by atoms with Crippen molar-refractivity contribution in [1.82, 2.24) is 10.2 Å². The number of sulfonamides is 1. The van der Waals surface area contributed by atoms with Crippen molar-refractivity contribution in [2.24, 2.45) is 0 Å². The zero-order valence-corrected chi connectivity index (χ0v) is 28.9. The lowest BCUT2D eigenvalue weighted by Crippen LogP contribution is -2.55. The highest BCUT2D eigenvalue weighted by Gasteiger charge is 2.35. The molecule has 0 aliphatic heterocycles. The first-order valence-electron chi connectivity index (χ1n) is 16.8. The summed E-state index contributed by atoms with van der Waals surface area (Å²) >= 11 is 0. The molecule has 0 spiro atoms. The number of amides is 2. The number of nitrogens with zero attached hydrogens (tertiary/aromatic N) is 2. The predicted molar refractivity (Wildman–Crippen MR) is 189 cm³/mol. The summed E-state index contributed by atoms with van der Waals surface area (Å²) in [6, 6.07) is 27.2. The van der Waals surface area contributed by atoms with E-state index in [1.807, 2.05) is 44.2 Å². The number of rotatable bonds is 14. The highest BCUT2D eigenvalue weighted by Crippen LogP contribution is 2.27. The summed E-state index contributed by atoms with van der Waals surface area (Å²) in [5.41, 5.74) is 2.23. The molecule has 4 aromatic carbocycles. The molecule has 258 valence electrons. The number of benzene rings is 4. The Hall–Kier alpha value is -4.70. The smallest absolute Gasteiger partial charge is 0.264 e. The number of aryl methyl sites for hydroxylation is 1. The molecule has 1 aliphatic carbocycles. The minimum atomic E-state index is -4.28. The van der Waals surface area contributed by atoms with E-state index in [1.54, 1.807) is 54.6 Å². The summed E-state index contributed by atoms with van der Waals surface area (Å²) in [7, 11) is -4.28. The Morgan fingerprint density at radius 3 is 2.18 bits per heavy atom. The maximum absolute atomic E-state index is 15.2. The summed E-state index contributed by atoms with van der Waals surface area (Å²) in [4.78, 5) is 30.1. The fraction of sp³-hybridized carbons (Fsp3) is 0.333. The van der Waals surface area contributed by atoms with E-state index in [2.05, 4.69) is 5.32 Å². The van der Waals surface area contributed by atoms with Crippen LogP contribution in [0.25, 0.3) is 0 Å². The Labute approximate surface area is 289 Å². The van der Waals surface area contributed by atoms with Gasteiger partial charge in [-0.05, 0) is 74.7 Å². The highest BCUT2D eigenvalue weighted by molar-refractivity contribution is 7.92. The standard InChI is InChI=1S/C39H44FN3O5S/c1-3-48-34-22-24-35(25-23-34)49(46,47)43(33-20-18-29(2)19-21-33)28-38(44)42(27-31-14-10-11-17-36(31)40)37(26-30-12-6-4-7-13-30)39(45)41-32-15-8-5-9-16-32/h4,6-7,10-14,17-25,32,37H,3,5,8-9,15-16,26-28H2,1-2H3,(H,41,45). The quantitative estimate of drug-likeness (QED) is 0.157. The number of hydrogen-bond donors (Lipinski definition) is 1. The Morgan fingerprint density at radius 1 is 0.878 bits per heavy atom. The van der Waals surface area contributed by atoms with Crippen LogP contribution < -0.4 is 14.4 Å². The van der Waals surface area contributed by atoms with Gasteiger partial charge in [0.05, 0.1) is 17.2 Å². The molecule has 1 N–H and O–H groups in total. The average Bonchev–Trinajstić information content (AvgIpc) is 3.11. The van der Waals surface area contributed by atoms with Gasteiger partial charge in [0.15, 0.2) is 0 Å². The minimum Gasteiger partial charge on any atom is -0.494 e. The third-order valence-electron chi connectivity index (χ3n) is 8.84. The van der Waals surface area contributed by atoms with Crippen molar-refractivity contribution in [3.05, 3.63) is 126 Å². The third kappa shape index (κ3) is 9.26. The summed E-state index contributed by atoms with van der Waals surface area (Å²) in [6.07, 6.45) is 4.95. The molecule has 4 aromatic rings. The monoisotopic (exact) mass is 685 g/mol. The molecule has 5 rings (SSSR count). The number of carbonyl (C=O) groups is 2. The van der Waals surface area contributed by atoms with Crippen LogP contribution in [0.1, 0.15) is 55.7 Å². The van der Waals surface area contributed by atoms with Crippen molar-refractivity contribution < 1.29 is 27.1 Å². The van der Waals surface area contributed by atoms with Crippen molar-refractivity contribution in [3.8, 4) is 5.75 Å². The van der Waals surface area contributed by atoms with Gasteiger partial charge in [0, 0.05) is 24.6 Å². The Bertz CT molecular complexity index is 1790. The summed E-state index contributed by atoms with van der Waals surface area (Å²) in [6.45, 7) is 3.30. The van der Waals surface area contributed by atoms with Crippen LogP contribution in [0.5, 0.6) is 5.75 Å². The van der Waals surface area contributed by atoms with Crippen molar-refractivity contribution >= 4 is 27.5 Å². The van der Waals surface area contributed by atoms with Crippen LogP contribution in [-0.4, -0.2) is 50.4 Å². The van der Waals surface area contributed by atoms with E-state index in [0.29, 0.717) is 12.4 Å². The maximum atomic E-state index is 15.2. The van der Waals surface area contributed by atoms with E-state index in [-0.39, 0.29) is 41.1 Å². The molecule has 1 saturated carbocycles. The number of ether oxygens (including phenoxy) is 1. The fourth-order valence-corrected chi connectivity index (χ4v) is 7.56. The highest BCUT2D eigenvalue weighted by atomic mass is 32.2. The first kappa shape index (κ1) is 35.6. The number of carbonyl (C=O) groups excluding carboxylic acids is 2. The predicted octanol–water partition coefficient (Wildman–Crippen LogP) is 6.82. The zero-order chi connectivity index (χ0) is 34.8. The van der Waals surface area contributed by atoms with Gasteiger partial charge in [-0.1, -0.05) is 85.5 Å². The van der Waals surface area contributed by atoms with Crippen LogP contribution >= 0.6 is 0 Å². The molecule has 0 heterocycles. The van der Waals surface area contributed by atoms with Crippen molar-refractivity contribution in [2.45, 2.75) is 75.9 Å². The lowest BCUT2D eigenvalue weighted by Gasteiger charge is -2.35. The van der Waals surface area contributed by atoms with Crippen LogP contribution in [0.15, 0.2) is 108 Å². The summed E-state index contributed by atoms with van der Waals surface area (Å²) < 4.78 is 50.3. The second-order valence-electron chi connectivity index (χ2n) is 12.4. The van der Waals surface area contributed by atoms with E-state index < -0.39 is 34.3 Å². The number of halogens is 1. The average molecular weight is 686 g/mol. The van der Waals surface area contributed by atoms with Crippen LogP contribution in [-0.2, 0) is 32.6 Å². The molecule has 49 heavy (non-hydrogen) atoms. The first-order chi connectivity index (χ1) is 23.7. The van der Waals surface area contributed by atoms with E-state index in [9.17, 15) is 18.0 Å². The van der Waals surface area contributed by atoms with Gasteiger partial charge < -0.3 is 15.0 Å². The summed E-state index contributed by atoms with van der Waals surface area (Å²) in [5.74, 6) is -0.998. The van der Waals surface area contributed by atoms with Gasteiger partial charge >= 0.3 is 0 Å². The molecule has 0 saturated heterocycles. The van der Waals surface area contributed by atoms with E-state index in [4.69, 9.17) is 4.74 Å². The largest absolute Gasteiger partial charge is 0.494 e. The molecule has 0 radical (unpaired) electrons. The van der Waals surface area contributed by atoms with Gasteiger partial charge in [0.1, 0.15) is 24.2 Å². The maximum Gasteiger partial charge on any atom is 0.264 e. The molecule has 1 fully saturated rings. The van der Waals surface area contributed by atoms with Gasteiger partial charge in [-0.3, -0.25) is 13.9 Å². The molecule has 1 unspecified atom stereocenters. The second kappa shape index (κ2) is 16.6. The van der Waals surface area contributed by atoms with Crippen molar-refractivity contribution in [2.75, 3.05) is 17.5 Å². The second-order valence-corrected chi connectivity index (χ2v) is 14.3. The number of anilines is 1. The lowest BCUT2D eigenvalue weighted by molar-refractivity contribution is -0.140. The minimum absolute atomic E-state index is 0.0270. The zero-order valence-electron chi connectivity index (χ0n) is 28.1. The van der Waals surface area contributed by atoms with Crippen LogP contribution in [0.4, 0.5) is 10.1 Å². The van der Waals surface area contributed by atoms with E-state index in [0.717, 1.165) is 47.5 Å². The van der Waals surface area contributed by atoms with Crippen molar-refractivity contribution in [1.29, 1.82) is 0 Å². The first-order valence-corrected chi connectivity index (χ1v) is 18.3. The SMILES string of the molecule is CCOc1ccc(S(=O)(=O)N(CC(=O)N(Cc2ccccc2F)C(Cc2ccccc2)C(=O)NC2CCCCC2)c2ccc(C)cc2)cc1. The van der Waals surface area contributed by atoms with Crippen LogP contribution in [0.3, 0.4) is 0 Å². The fourth-order valence-electron chi connectivity index (χ4n) is 6.15. The van der Waals surface area contributed by atoms with Gasteiger partial charge in [0.2, 0.25) is 11.8 Å². The molecule has 10 heteroatoms. The van der Waals surface area contributed by atoms with Gasteiger partial charge in [-0.25, -0.2) is 12.8 Å². The van der Waals surface area contributed by atoms with E-state index in [1.165, 1.54) is 23.1 Å². The van der Waals surface area contributed by atoms with Gasteiger partial charge in [-0.15, -0.1) is 0 Å². The van der Waals surface area contributed by atoms with Crippen LogP contribution in [0, 0.1) is 12.7 Å². The Kier molecular flexibility index (Phi) is 12.1. The molecular weight excluding hydrogens is 642 g/mol. The normalized spacial score (nSPS) is 14.1. The molecule has 2 amide bonds. The number of nitrogens with one attached hydrogen (secondary N) is 1. The summed E-state index contributed by atoms with van der Waals surface area (Å²) in [5, 5.41) is 3.17. The Morgan fingerprint density at radius 2 is 1.53 bits per heavy atom. The molecule has 0 bridgehead atoms. The Balaban J connectivity index is 1.56. The van der Waals surface area contributed by atoms with Gasteiger partial charge in [0.25, 0.3) is 10.0 Å². The molecule has 0 aromatic heterocycles. The van der Waals surface area contributed by atoms with Crippen LogP contribution in [0.2, 0.25) is 0 Å². The topological polar surface area (TPSA) is 96.0 Å². The molecule has 1 atom stereocenters.